The Hall–Kier alpha value is -2.75. The molecular formula is C19H17N3O. The number of carbonyl (C=O) groups is 1. The zero-order valence-electron chi connectivity index (χ0n) is 12.7. The van der Waals surface area contributed by atoms with Gasteiger partial charge in [-0.1, -0.05) is 24.3 Å². The number of fused-ring (bicyclic) bond motifs is 1. The fourth-order valence-electron chi connectivity index (χ4n) is 2.74. The molecule has 1 aromatic carbocycles. The van der Waals surface area contributed by atoms with Gasteiger partial charge in [-0.25, -0.2) is 0 Å². The van der Waals surface area contributed by atoms with Crippen molar-refractivity contribution in [3.8, 4) is 0 Å². The number of para-hydroxylation sites is 1. The number of aromatic nitrogens is 2. The van der Waals surface area contributed by atoms with Gasteiger partial charge in [-0.3, -0.25) is 14.8 Å². The van der Waals surface area contributed by atoms with Crippen LogP contribution in [0.3, 0.4) is 0 Å². The normalized spacial score (nSPS) is 13.9. The third-order valence-corrected chi connectivity index (χ3v) is 4.13. The Morgan fingerprint density at radius 1 is 1.13 bits per heavy atom. The van der Waals surface area contributed by atoms with Crippen LogP contribution < -0.4 is 5.32 Å². The summed E-state index contributed by atoms with van der Waals surface area (Å²) in [6.07, 6.45) is 4.06. The summed E-state index contributed by atoms with van der Waals surface area (Å²) >= 11 is 0. The summed E-state index contributed by atoms with van der Waals surface area (Å²) < 4.78 is 0. The van der Waals surface area contributed by atoms with Crippen molar-refractivity contribution in [3.05, 3.63) is 71.7 Å². The number of rotatable bonds is 4. The van der Waals surface area contributed by atoms with Gasteiger partial charge in [-0.05, 0) is 37.1 Å². The third kappa shape index (κ3) is 2.93. The Morgan fingerprint density at radius 3 is 2.74 bits per heavy atom. The van der Waals surface area contributed by atoms with E-state index in [4.69, 9.17) is 4.98 Å². The van der Waals surface area contributed by atoms with Crippen LogP contribution in [-0.4, -0.2) is 15.9 Å². The molecule has 0 aliphatic heterocycles. The van der Waals surface area contributed by atoms with Crippen LogP contribution >= 0.6 is 0 Å². The maximum Gasteiger partial charge on any atom is 0.252 e. The Morgan fingerprint density at radius 2 is 1.96 bits per heavy atom. The zero-order valence-corrected chi connectivity index (χ0v) is 12.7. The van der Waals surface area contributed by atoms with Crippen LogP contribution in [0.2, 0.25) is 0 Å². The van der Waals surface area contributed by atoms with E-state index in [1.165, 1.54) is 12.8 Å². The van der Waals surface area contributed by atoms with Crippen molar-refractivity contribution in [2.75, 3.05) is 0 Å². The van der Waals surface area contributed by atoms with Gasteiger partial charge in [0.25, 0.3) is 5.91 Å². The highest BCUT2D eigenvalue weighted by Gasteiger charge is 2.26. The lowest BCUT2D eigenvalue weighted by molar-refractivity contribution is 0.0952. The lowest BCUT2D eigenvalue weighted by Crippen LogP contribution is -2.23. The van der Waals surface area contributed by atoms with Crippen LogP contribution in [0.1, 0.15) is 40.5 Å². The first-order valence-electron chi connectivity index (χ1n) is 7.89. The molecule has 2 heterocycles. The van der Waals surface area contributed by atoms with Gasteiger partial charge in [0, 0.05) is 23.2 Å². The minimum Gasteiger partial charge on any atom is -0.346 e. The van der Waals surface area contributed by atoms with Crippen LogP contribution in [-0.2, 0) is 6.54 Å². The van der Waals surface area contributed by atoms with Crippen molar-refractivity contribution in [3.63, 3.8) is 0 Å². The molecule has 114 valence electrons. The lowest BCUT2D eigenvalue weighted by Gasteiger charge is -2.10. The summed E-state index contributed by atoms with van der Waals surface area (Å²) in [5, 5.41) is 3.86. The molecule has 23 heavy (non-hydrogen) atoms. The predicted octanol–water partition coefficient (Wildman–Crippen LogP) is 3.44. The molecule has 1 saturated carbocycles. The molecule has 1 N–H and O–H groups in total. The minimum absolute atomic E-state index is 0.0730. The molecule has 3 aromatic rings. The number of amides is 1. The second-order valence-electron chi connectivity index (χ2n) is 5.89. The van der Waals surface area contributed by atoms with E-state index in [0.29, 0.717) is 18.0 Å². The molecule has 2 aromatic heterocycles. The third-order valence-electron chi connectivity index (χ3n) is 4.13. The Kier molecular flexibility index (Phi) is 3.50. The van der Waals surface area contributed by atoms with E-state index >= 15 is 0 Å². The van der Waals surface area contributed by atoms with E-state index in [0.717, 1.165) is 22.3 Å². The smallest absolute Gasteiger partial charge is 0.252 e. The van der Waals surface area contributed by atoms with Crippen LogP contribution in [0.4, 0.5) is 0 Å². The summed E-state index contributed by atoms with van der Waals surface area (Å²) in [6, 6.07) is 15.5. The van der Waals surface area contributed by atoms with Crippen molar-refractivity contribution in [1.82, 2.24) is 15.3 Å². The number of hydrogen-bond donors (Lipinski definition) is 1. The first kappa shape index (κ1) is 13.9. The van der Waals surface area contributed by atoms with Crippen LogP contribution in [0, 0.1) is 0 Å². The molecule has 0 bridgehead atoms. The molecule has 1 amide bonds. The van der Waals surface area contributed by atoms with Crippen molar-refractivity contribution in [2.24, 2.45) is 0 Å². The Labute approximate surface area is 134 Å². The van der Waals surface area contributed by atoms with E-state index in [1.54, 1.807) is 6.20 Å². The van der Waals surface area contributed by atoms with Crippen LogP contribution in [0.15, 0.2) is 54.7 Å². The maximum atomic E-state index is 12.7. The molecule has 4 rings (SSSR count). The number of nitrogens with one attached hydrogen (secondary N) is 1. The number of carbonyl (C=O) groups excluding carboxylic acids is 1. The van der Waals surface area contributed by atoms with E-state index < -0.39 is 0 Å². The summed E-state index contributed by atoms with van der Waals surface area (Å²) in [4.78, 5) is 21.6. The monoisotopic (exact) mass is 303 g/mol. The first-order valence-corrected chi connectivity index (χ1v) is 7.89. The topological polar surface area (TPSA) is 54.9 Å². The molecule has 1 aliphatic rings. The largest absolute Gasteiger partial charge is 0.346 e. The molecule has 0 spiro atoms. The highest BCUT2D eigenvalue weighted by atomic mass is 16.1. The highest BCUT2D eigenvalue weighted by molar-refractivity contribution is 6.06. The van der Waals surface area contributed by atoms with Gasteiger partial charge in [0.1, 0.15) is 0 Å². The maximum absolute atomic E-state index is 12.7. The number of nitrogens with zero attached hydrogens (tertiary/aromatic N) is 2. The van der Waals surface area contributed by atoms with E-state index in [-0.39, 0.29) is 5.91 Å². The van der Waals surface area contributed by atoms with Gasteiger partial charge in [-0.15, -0.1) is 0 Å². The quantitative estimate of drug-likeness (QED) is 0.803. The minimum atomic E-state index is -0.0730. The van der Waals surface area contributed by atoms with Crippen LogP contribution in [0.25, 0.3) is 10.9 Å². The second-order valence-corrected chi connectivity index (χ2v) is 5.89. The molecule has 0 unspecified atom stereocenters. The zero-order chi connectivity index (χ0) is 15.6. The van der Waals surface area contributed by atoms with Gasteiger partial charge >= 0.3 is 0 Å². The average molecular weight is 303 g/mol. The molecule has 0 radical (unpaired) electrons. The molecule has 4 heteroatoms. The van der Waals surface area contributed by atoms with Gasteiger partial charge < -0.3 is 5.32 Å². The Bertz CT molecular complexity index is 857. The number of pyridine rings is 2. The molecule has 4 nitrogen and oxygen atoms in total. The van der Waals surface area contributed by atoms with E-state index in [2.05, 4.69) is 10.3 Å². The van der Waals surface area contributed by atoms with E-state index in [1.807, 2.05) is 48.5 Å². The standard InChI is InChI=1S/C19H17N3O/c23-19(21-12-14-5-3-4-10-20-14)16-11-18(13-8-9-13)22-17-7-2-1-6-15(16)17/h1-7,10-11,13H,8-9,12H2,(H,21,23). The average Bonchev–Trinajstić information content (AvgIpc) is 3.45. The summed E-state index contributed by atoms with van der Waals surface area (Å²) in [6.45, 7) is 0.426. The SMILES string of the molecule is O=C(NCc1ccccn1)c1cc(C2CC2)nc2ccccc12. The summed E-state index contributed by atoms with van der Waals surface area (Å²) in [5.74, 6) is 0.443. The number of benzene rings is 1. The Balaban J connectivity index is 1.65. The molecular weight excluding hydrogens is 286 g/mol. The van der Waals surface area contributed by atoms with Crippen molar-refractivity contribution in [2.45, 2.75) is 25.3 Å². The predicted molar refractivity (Wildman–Crippen MR) is 89.1 cm³/mol. The van der Waals surface area contributed by atoms with Crippen molar-refractivity contribution < 1.29 is 4.79 Å². The molecule has 0 saturated heterocycles. The second kappa shape index (κ2) is 5.80. The molecule has 1 fully saturated rings. The lowest BCUT2D eigenvalue weighted by atomic mass is 10.1. The van der Waals surface area contributed by atoms with Crippen molar-refractivity contribution >= 4 is 16.8 Å². The fourth-order valence-corrected chi connectivity index (χ4v) is 2.74. The molecule has 1 aliphatic carbocycles. The number of hydrogen-bond acceptors (Lipinski definition) is 3. The molecule has 0 atom stereocenters. The highest BCUT2D eigenvalue weighted by Crippen LogP contribution is 2.40. The van der Waals surface area contributed by atoms with Gasteiger partial charge in [0.2, 0.25) is 0 Å². The first-order chi connectivity index (χ1) is 11.3. The fraction of sp³-hybridized carbons (Fsp3) is 0.211. The summed E-state index contributed by atoms with van der Waals surface area (Å²) in [7, 11) is 0. The van der Waals surface area contributed by atoms with Gasteiger partial charge in [0.15, 0.2) is 0 Å². The van der Waals surface area contributed by atoms with Gasteiger partial charge in [-0.2, -0.15) is 0 Å². The van der Waals surface area contributed by atoms with Crippen molar-refractivity contribution in [1.29, 1.82) is 0 Å². The van der Waals surface area contributed by atoms with Gasteiger partial charge in [0.05, 0.1) is 23.3 Å². The van der Waals surface area contributed by atoms with E-state index in [9.17, 15) is 4.79 Å². The summed E-state index contributed by atoms with van der Waals surface area (Å²) in [5.41, 5.74) is 3.47. The van der Waals surface area contributed by atoms with Crippen LogP contribution in [0.5, 0.6) is 0 Å².